The largest absolute Gasteiger partial charge is 0.492 e. The first-order valence-corrected chi connectivity index (χ1v) is 8.71. The topological polar surface area (TPSA) is 63.3 Å². The number of ether oxygens (including phenoxy) is 2. The molecule has 7 heteroatoms. The van der Waals surface area contributed by atoms with E-state index in [4.69, 9.17) is 21.1 Å². The standard InChI is InChI=1S/C18H19ClN4O2/c19-15-5-6-20-18-16(15)21-17(22-18)13-1-3-14(4-2-13)25-12-9-23-7-10-24-11-8-23/h1-6H,7-12H2,(H,20,21,22). The lowest BCUT2D eigenvalue weighted by Gasteiger charge is -2.26. The van der Waals surface area contributed by atoms with Gasteiger partial charge in [-0.05, 0) is 30.3 Å². The molecular weight excluding hydrogens is 340 g/mol. The van der Waals surface area contributed by atoms with Crippen LogP contribution in [-0.2, 0) is 4.74 Å². The molecule has 0 unspecified atom stereocenters. The van der Waals surface area contributed by atoms with Crippen molar-refractivity contribution in [3.8, 4) is 17.1 Å². The second kappa shape index (κ2) is 7.39. The van der Waals surface area contributed by atoms with Gasteiger partial charge >= 0.3 is 0 Å². The predicted molar refractivity (Wildman–Crippen MR) is 97.1 cm³/mol. The van der Waals surface area contributed by atoms with E-state index in [0.717, 1.165) is 55.5 Å². The smallest absolute Gasteiger partial charge is 0.179 e. The maximum absolute atomic E-state index is 6.16. The van der Waals surface area contributed by atoms with Crippen molar-refractivity contribution in [1.29, 1.82) is 0 Å². The molecule has 0 amide bonds. The van der Waals surface area contributed by atoms with Crippen LogP contribution in [0.2, 0.25) is 5.02 Å². The molecule has 1 fully saturated rings. The Balaban J connectivity index is 1.39. The number of hydrogen-bond acceptors (Lipinski definition) is 5. The van der Waals surface area contributed by atoms with Crippen molar-refractivity contribution < 1.29 is 9.47 Å². The molecule has 0 bridgehead atoms. The zero-order valence-electron chi connectivity index (χ0n) is 13.7. The maximum atomic E-state index is 6.16. The fourth-order valence-electron chi connectivity index (χ4n) is 2.84. The average molecular weight is 359 g/mol. The van der Waals surface area contributed by atoms with Crippen molar-refractivity contribution in [1.82, 2.24) is 19.9 Å². The number of benzene rings is 1. The lowest BCUT2D eigenvalue weighted by molar-refractivity contribution is 0.0322. The molecule has 0 atom stereocenters. The van der Waals surface area contributed by atoms with E-state index in [9.17, 15) is 0 Å². The molecule has 3 heterocycles. The third-order valence-electron chi connectivity index (χ3n) is 4.25. The Bertz CT molecular complexity index is 844. The number of morpholine rings is 1. The van der Waals surface area contributed by atoms with E-state index in [1.807, 2.05) is 24.3 Å². The van der Waals surface area contributed by atoms with Gasteiger partial charge in [0.05, 0.1) is 18.2 Å². The highest BCUT2D eigenvalue weighted by Crippen LogP contribution is 2.25. The SMILES string of the molecule is Clc1ccnc2nc(-c3ccc(OCCN4CCOCC4)cc3)[nH]c12. The van der Waals surface area contributed by atoms with E-state index in [1.165, 1.54) is 0 Å². The second-order valence-electron chi connectivity index (χ2n) is 5.90. The van der Waals surface area contributed by atoms with Gasteiger partial charge in [-0.25, -0.2) is 9.97 Å². The van der Waals surface area contributed by atoms with Crippen molar-refractivity contribution in [2.75, 3.05) is 39.5 Å². The van der Waals surface area contributed by atoms with E-state index >= 15 is 0 Å². The summed E-state index contributed by atoms with van der Waals surface area (Å²) in [4.78, 5) is 14.3. The van der Waals surface area contributed by atoms with Crippen LogP contribution < -0.4 is 4.74 Å². The molecule has 1 aliphatic heterocycles. The van der Waals surface area contributed by atoms with Gasteiger partial charge in [0.1, 0.15) is 23.7 Å². The third kappa shape index (κ3) is 3.76. The van der Waals surface area contributed by atoms with Crippen LogP contribution in [0, 0.1) is 0 Å². The molecule has 3 aromatic rings. The molecule has 0 spiro atoms. The summed E-state index contributed by atoms with van der Waals surface area (Å²) < 4.78 is 11.2. The molecule has 0 aliphatic carbocycles. The van der Waals surface area contributed by atoms with Crippen molar-refractivity contribution in [2.45, 2.75) is 0 Å². The summed E-state index contributed by atoms with van der Waals surface area (Å²) in [6.07, 6.45) is 1.65. The molecule has 1 aliphatic rings. The first kappa shape index (κ1) is 16.3. The molecule has 2 aromatic heterocycles. The molecule has 1 aromatic carbocycles. The number of aromatic amines is 1. The molecular formula is C18H19ClN4O2. The Morgan fingerprint density at radius 2 is 1.96 bits per heavy atom. The van der Waals surface area contributed by atoms with Gasteiger partial charge in [-0.15, -0.1) is 0 Å². The van der Waals surface area contributed by atoms with Crippen LogP contribution >= 0.6 is 11.6 Å². The zero-order valence-corrected chi connectivity index (χ0v) is 14.5. The highest BCUT2D eigenvalue weighted by atomic mass is 35.5. The number of nitrogens with zero attached hydrogens (tertiary/aromatic N) is 3. The molecule has 25 heavy (non-hydrogen) atoms. The van der Waals surface area contributed by atoms with Crippen molar-refractivity contribution in [2.24, 2.45) is 0 Å². The Morgan fingerprint density at radius 3 is 2.72 bits per heavy atom. The highest BCUT2D eigenvalue weighted by molar-refractivity contribution is 6.34. The molecule has 0 radical (unpaired) electrons. The van der Waals surface area contributed by atoms with Gasteiger partial charge in [0, 0.05) is 31.4 Å². The minimum atomic E-state index is 0.617. The molecule has 6 nitrogen and oxygen atoms in total. The van der Waals surface area contributed by atoms with Gasteiger partial charge in [-0.3, -0.25) is 4.90 Å². The fraction of sp³-hybridized carbons (Fsp3) is 0.333. The normalized spacial score (nSPS) is 15.6. The van der Waals surface area contributed by atoms with Crippen LogP contribution in [-0.4, -0.2) is 59.3 Å². The van der Waals surface area contributed by atoms with Crippen molar-refractivity contribution in [3.63, 3.8) is 0 Å². The Kier molecular flexibility index (Phi) is 4.83. The summed E-state index contributed by atoms with van der Waals surface area (Å²) >= 11 is 6.16. The van der Waals surface area contributed by atoms with Gasteiger partial charge in [-0.2, -0.15) is 0 Å². The molecule has 0 saturated carbocycles. The summed E-state index contributed by atoms with van der Waals surface area (Å²) in [7, 11) is 0. The Labute approximate surface area is 150 Å². The monoisotopic (exact) mass is 358 g/mol. The molecule has 4 rings (SSSR count). The van der Waals surface area contributed by atoms with Gasteiger partial charge in [0.25, 0.3) is 0 Å². The third-order valence-corrected chi connectivity index (χ3v) is 4.56. The van der Waals surface area contributed by atoms with E-state index in [0.29, 0.717) is 17.3 Å². The first-order valence-electron chi connectivity index (χ1n) is 8.33. The molecule has 1 saturated heterocycles. The second-order valence-corrected chi connectivity index (χ2v) is 6.31. The number of pyridine rings is 1. The number of halogens is 1. The number of hydrogen-bond donors (Lipinski definition) is 1. The maximum Gasteiger partial charge on any atom is 0.179 e. The molecule has 130 valence electrons. The van der Waals surface area contributed by atoms with Crippen LogP contribution in [0.3, 0.4) is 0 Å². The average Bonchev–Trinajstić information content (AvgIpc) is 3.09. The first-order chi connectivity index (χ1) is 12.3. The zero-order chi connectivity index (χ0) is 17.1. The number of aromatic nitrogens is 3. The summed E-state index contributed by atoms with van der Waals surface area (Å²) in [5.74, 6) is 1.60. The summed E-state index contributed by atoms with van der Waals surface area (Å²) in [5.41, 5.74) is 2.34. The van der Waals surface area contributed by atoms with E-state index in [2.05, 4.69) is 19.9 Å². The number of nitrogens with one attached hydrogen (secondary N) is 1. The highest BCUT2D eigenvalue weighted by Gasteiger charge is 2.11. The molecule has 1 N–H and O–H groups in total. The van der Waals surface area contributed by atoms with Crippen molar-refractivity contribution >= 4 is 22.8 Å². The lowest BCUT2D eigenvalue weighted by Crippen LogP contribution is -2.38. The predicted octanol–water partition coefficient (Wildman–Crippen LogP) is 2.99. The number of H-pyrrole nitrogens is 1. The van der Waals surface area contributed by atoms with Gasteiger partial charge in [0.15, 0.2) is 5.65 Å². The van der Waals surface area contributed by atoms with Crippen LogP contribution in [0.1, 0.15) is 0 Å². The minimum Gasteiger partial charge on any atom is -0.492 e. The summed E-state index contributed by atoms with van der Waals surface area (Å²) in [5, 5.41) is 0.617. The van der Waals surface area contributed by atoms with Crippen LogP contribution in [0.15, 0.2) is 36.5 Å². The minimum absolute atomic E-state index is 0.617. The lowest BCUT2D eigenvalue weighted by atomic mass is 10.2. The van der Waals surface area contributed by atoms with E-state index in [1.54, 1.807) is 12.3 Å². The Morgan fingerprint density at radius 1 is 1.16 bits per heavy atom. The number of fused-ring (bicyclic) bond motifs is 1. The number of rotatable bonds is 5. The van der Waals surface area contributed by atoms with Gasteiger partial charge < -0.3 is 14.5 Å². The Hall–Kier alpha value is -2.15. The van der Waals surface area contributed by atoms with Crippen LogP contribution in [0.4, 0.5) is 0 Å². The van der Waals surface area contributed by atoms with E-state index < -0.39 is 0 Å². The van der Waals surface area contributed by atoms with Crippen molar-refractivity contribution in [3.05, 3.63) is 41.6 Å². The summed E-state index contributed by atoms with van der Waals surface area (Å²) in [6.45, 7) is 5.16. The quantitative estimate of drug-likeness (QED) is 0.759. The number of imidazole rings is 1. The van der Waals surface area contributed by atoms with E-state index in [-0.39, 0.29) is 0 Å². The van der Waals surface area contributed by atoms with Gasteiger partial charge in [-0.1, -0.05) is 11.6 Å². The fourth-order valence-corrected chi connectivity index (χ4v) is 3.03. The van der Waals surface area contributed by atoms with Gasteiger partial charge in [0.2, 0.25) is 0 Å². The van der Waals surface area contributed by atoms with Crippen LogP contribution in [0.5, 0.6) is 5.75 Å². The van der Waals surface area contributed by atoms with Crippen LogP contribution in [0.25, 0.3) is 22.6 Å². The summed E-state index contributed by atoms with van der Waals surface area (Å²) in [6, 6.07) is 9.62.